The van der Waals surface area contributed by atoms with Crippen LogP contribution in [0.3, 0.4) is 0 Å². The lowest BCUT2D eigenvalue weighted by atomic mass is 10.0. The molecular formula is C21H18ClFN2O2S. The third kappa shape index (κ3) is 4.08. The highest BCUT2D eigenvalue weighted by atomic mass is 35.5. The zero-order valence-corrected chi connectivity index (χ0v) is 16.6. The van der Waals surface area contributed by atoms with E-state index in [2.05, 4.69) is 4.98 Å². The first-order valence-corrected chi connectivity index (χ1v) is 10.5. The molecule has 0 bridgehead atoms. The summed E-state index contributed by atoms with van der Waals surface area (Å²) in [5.74, 6) is 0.802. The molecule has 4 rings (SSSR count). The second-order valence-electron chi connectivity index (χ2n) is 6.55. The Morgan fingerprint density at radius 1 is 1.29 bits per heavy atom. The first-order valence-electron chi connectivity index (χ1n) is 8.97. The molecule has 1 amide bonds. The maximum atomic E-state index is 14.4. The molecule has 0 N–H and O–H groups in total. The molecule has 1 aromatic heterocycles. The number of aromatic nitrogens is 1. The van der Waals surface area contributed by atoms with Crippen LogP contribution >= 0.6 is 23.4 Å². The van der Waals surface area contributed by atoms with Crippen LogP contribution in [-0.2, 0) is 17.0 Å². The first-order chi connectivity index (χ1) is 13.6. The minimum absolute atomic E-state index is 0.112. The minimum Gasteiger partial charge on any atom is -0.444 e. The Hall–Kier alpha value is -2.31. The van der Waals surface area contributed by atoms with E-state index >= 15 is 0 Å². The maximum absolute atomic E-state index is 14.4. The lowest BCUT2D eigenvalue weighted by Gasteiger charge is -2.30. The molecule has 1 aliphatic rings. The molecule has 144 valence electrons. The largest absolute Gasteiger partial charge is 0.444 e. The van der Waals surface area contributed by atoms with E-state index in [1.165, 1.54) is 22.7 Å². The fourth-order valence-electron chi connectivity index (χ4n) is 3.31. The van der Waals surface area contributed by atoms with Gasteiger partial charge in [0, 0.05) is 22.9 Å². The van der Waals surface area contributed by atoms with Gasteiger partial charge in [-0.2, -0.15) is 0 Å². The normalized spacial score (nSPS) is 13.4. The van der Waals surface area contributed by atoms with E-state index in [1.807, 2.05) is 30.3 Å². The number of halogens is 2. The highest BCUT2D eigenvalue weighted by Crippen LogP contribution is 2.33. The number of benzene rings is 2. The summed E-state index contributed by atoms with van der Waals surface area (Å²) in [4.78, 5) is 18.7. The van der Waals surface area contributed by atoms with E-state index in [1.54, 1.807) is 12.3 Å². The third-order valence-corrected chi connectivity index (χ3v) is 5.72. The van der Waals surface area contributed by atoms with Gasteiger partial charge in [-0.15, -0.1) is 11.8 Å². The Labute approximate surface area is 171 Å². The number of fused-ring (bicyclic) bond motifs is 1. The number of hydrogen-bond donors (Lipinski definition) is 0. The summed E-state index contributed by atoms with van der Waals surface area (Å²) in [6.07, 6.45) is 3.13. The number of hydrogen-bond acceptors (Lipinski definition) is 4. The van der Waals surface area contributed by atoms with Crippen LogP contribution in [0.2, 0.25) is 5.02 Å². The topological polar surface area (TPSA) is 46.3 Å². The molecule has 0 aliphatic carbocycles. The molecule has 0 radical (unpaired) electrons. The number of carbonyl (C=O) groups is 1. The van der Waals surface area contributed by atoms with Crippen LogP contribution in [0.25, 0.3) is 11.5 Å². The van der Waals surface area contributed by atoms with Crippen molar-refractivity contribution in [2.75, 3.05) is 17.2 Å². The molecule has 7 heteroatoms. The van der Waals surface area contributed by atoms with E-state index in [-0.39, 0.29) is 11.7 Å². The van der Waals surface area contributed by atoms with E-state index in [0.717, 1.165) is 29.7 Å². The Balaban J connectivity index is 1.38. The van der Waals surface area contributed by atoms with Crippen LogP contribution in [0, 0.1) is 5.82 Å². The van der Waals surface area contributed by atoms with Gasteiger partial charge in [0.05, 0.1) is 17.1 Å². The molecule has 3 aromatic rings. The standard InChI is InChI=1S/C21H18ClFN2O2S/c22-16-9-15-7-4-8-25(20(15)18(23)10-16)19(26)13-28-12-17-11-27-21(24-17)14-5-2-1-3-6-14/h1-3,5-6,9-11H,4,7-8,12-13H2. The summed E-state index contributed by atoms with van der Waals surface area (Å²) in [7, 11) is 0. The molecule has 0 unspecified atom stereocenters. The lowest BCUT2D eigenvalue weighted by Crippen LogP contribution is -2.37. The van der Waals surface area contributed by atoms with Gasteiger partial charge < -0.3 is 9.32 Å². The van der Waals surface area contributed by atoms with Crippen molar-refractivity contribution < 1.29 is 13.6 Å². The zero-order valence-electron chi connectivity index (χ0n) is 15.0. The van der Waals surface area contributed by atoms with Gasteiger partial charge in [-0.05, 0) is 42.7 Å². The number of carbonyl (C=O) groups excluding carboxylic acids is 1. The average molecular weight is 417 g/mol. The molecule has 0 spiro atoms. The fourth-order valence-corrected chi connectivity index (χ4v) is 4.31. The summed E-state index contributed by atoms with van der Waals surface area (Å²) in [6, 6.07) is 12.7. The van der Waals surface area contributed by atoms with Crippen molar-refractivity contribution in [1.29, 1.82) is 0 Å². The van der Waals surface area contributed by atoms with Gasteiger partial charge in [0.2, 0.25) is 11.8 Å². The summed E-state index contributed by atoms with van der Waals surface area (Å²) in [6.45, 7) is 0.521. The van der Waals surface area contributed by atoms with Gasteiger partial charge in [0.1, 0.15) is 12.1 Å². The lowest BCUT2D eigenvalue weighted by molar-refractivity contribution is -0.116. The molecule has 0 fully saturated rings. The Bertz CT molecular complexity index is 993. The molecule has 2 heterocycles. The van der Waals surface area contributed by atoms with E-state index in [0.29, 0.717) is 28.9 Å². The minimum atomic E-state index is -0.440. The molecular weight excluding hydrogens is 399 g/mol. The van der Waals surface area contributed by atoms with Gasteiger partial charge in [-0.3, -0.25) is 4.79 Å². The SMILES string of the molecule is O=C(CSCc1coc(-c2ccccc2)n1)N1CCCc2cc(Cl)cc(F)c21. The van der Waals surface area contributed by atoms with Crippen LogP contribution in [0.5, 0.6) is 0 Å². The van der Waals surface area contributed by atoms with Crippen molar-refractivity contribution in [3.8, 4) is 11.5 Å². The smallest absolute Gasteiger partial charge is 0.237 e. The molecule has 28 heavy (non-hydrogen) atoms. The zero-order chi connectivity index (χ0) is 19.5. The molecule has 0 saturated heterocycles. The quantitative estimate of drug-likeness (QED) is 0.562. The molecule has 4 nitrogen and oxygen atoms in total. The number of anilines is 1. The van der Waals surface area contributed by atoms with Crippen LogP contribution in [0.4, 0.5) is 10.1 Å². The summed E-state index contributed by atoms with van der Waals surface area (Å²) in [5, 5.41) is 0.361. The predicted octanol–water partition coefficient (Wildman–Crippen LogP) is 5.35. The van der Waals surface area contributed by atoms with Crippen molar-refractivity contribution in [2.45, 2.75) is 18.6 Å². The van der Waals surface area contributed by atoms with E-state index in [9.17, 15) is 9.18 Å². The monoisotopic (exact) mass is 416 g/mol. The summed E-state index contributed by atoms with van der Waals surface area (Å²) < 4.78 is 19.9. The van der Waals surface area contributed by atoms with Gasteiger partial charge in [0.25, 0.3) is 0 Å². The van der Waals surface area contributed by atoms with Crippen LogP contribution < -0.4 is 4.90 Å². The fraction of sp³-hybridized carbons (Fsp3) is 0.238. The second kappa shape index (κ2) is 8.37. The third-order valence-electron chi connectivity index (χ3n) is 4.55. The maximum Gasteiger partial charge on any atom is 0.237 e. The van der Waals surface area contributed by atoms with Crippen molar-refractivity contribution in [3.63, 3.8) is 0 Å². The number of aryl methyl sites for hydroxylation is 1. The van der Waals surface area contributed by atoms with E-state index in [4.69, 9.17) is 16.0 Å². The van der Waals surface area contributed by atoms with Gasteiger partial charge in [-0.1, -0.05) is 29.8 Å². The van der Waals surface area contributed by atoms with Gasteiger partial charge >= 0.3 is 0 Å². The predicted molar refractivity (Wildman–Crippen MR) is 110 cm³/mol. The van der Waals surface area contributed by atoms with E-state index < -0.39 is 5.82 Å². The van der Waals surface area contributed by atoms with Crippen LogP contribution in [-0.4, -0.2) is 23.2 Å². The highest BCUT2D eigenvalue weighted by Gasteiger charge is 2.26. The average Bonchev–Trinajstić information content (AvgIpc) is 3.17. The van der Waals surface area contributed by atoms with Crippen molar-refractivity contribution in [1.82, 2.24) is 4.98 Å². The van der Waals surface area contributed by atoms with Gasteiger partial charge in [-0.25, -0.2) is 9.37 Å². The van der Waals surface area contributed by atoms with Crippen LogP contribution in [0.15, 0.2) is 53.1 Å². The molecule has 0 atom stereocenters. The second-order valence-corrected chi connectivity index (χ2v) is 7.97. The summed E-state index contributed by atoms with van der Waals surface area (Å²) in [5.41, 5.74) is 2.84. The molecule has 2 aromatic carbocycles. The van der Waals surface area contributed by atoms with Crippen molar-refractivity contribution >= 4 is 35.0 Å². The van der Waals surface area contributed by atoms with Gasteiger partial charge in [0.15, 0.2) is 0 Å². The van der Waals surface area contributed by atoms with Crippen LogP contribution in [0.1, 0.15) is 17.7 Å². The summed E-state index contributed by atoms with van der Waals surface area (Å²) >= 11 is 7.38. The number of amides is 1. The Morgan fingerprint density at radius 3 is 2.93 bits per heavy atom. The molecule has 1 aliphatic heterocycles. The molecule has 0 saturated carbocycles. The number of thioether (sulfide) groups is 1. The number of rotatable bonds is 5. The Kier molecular flexibility index (Phi) is 5.69. The first kappa shape index (κ1) is 19.0. The number of oxazole rings is 1. The number of nitrogens with zero attached hydrogens (tertiary/aromatic N) is 2. The van der Waals surface area contributed by atoms with Crippen molar-refractivity contribution in [2.24, 2.45) is 0 Å². The Morgan fingerprint density at radius 2 is 2.11 bits per heavy atom. The highest BCUT2D eigenvalue weighted by molar-refractivity contribution is 7.99. The van der Waals surface area contributed by atoms with Crippen molar-refractivity contribution in [3.05, 3.63) is 70.8 Å².